The molecule has 0 fully saturated rings. The van der Waals surface area contributed by atoms with E-state index in [-0.39, 0.29) is 5.54 Å². The minimum absolute atomic E-state index is 0.349. The van der Waals surface area contributed by atoms with Crippen LogP contribution >= 0.6 is 0 Å². The number of hydrogen-bond donors (Lipinski definition) is 1. The van der Waals surface area contributed by atoms with E-state index in [4.69, 9.17) is 10.7 Å². The molecule has 2 rings (SSSR count). The number of para-hydroxylation sites is 1. The third-order valence-corrected chi connectivity index (χ3v) is 3.35. The van der Waals surface area contributed by atoms with E-state index in [0.29, 0.717) is 5.92 Å². The summed E-state index contributed by atoms with van der Waals surface area (Å²) < 4.78 is 0. The lowest BCUT2D eigenvalue weighted by Crippen LogP contribution is -2.29. The molecule has 2 N–H and O–H groups in total. The molecule has 2 heteroatoms. The van der Waals surface area contributed by atoms with Crippen molar-refractivity contribution in [3.05, 3.63) is 41.1 Å². The van der Waals surface area contributed by atoms with E-state index in [1.165, 1.54) is 16.5 Å². The Hall–Kier alpha value is -1.41. The fourth-order valence-electron chi connectivity index (χ4n) is 2.24. The molecule has 0 bridgehead atoms. The van der Waals surface area contributed by atoms with Crippen LogP contribution in [0.4, 0.5) is 0 Å². The molecule has 18 heavy (non-hydrogen) atoms. The molecule has 1 heterocycles. The first-order valence-electron chi connectivity index (χ1n) is 6.50. The second kappa shape index (κ2) is 4.36. The highest BCUT2D eigenvalue weighted by Crippen LogP contribution is 2.30. The summed E-state index contributed by atoms with van der Waals surface area (Å²) in [6, 6.07) is 8.45. The van der Waals surface area contributed by atoms with Crippen molar-refractivity contribution in [3.8, 4) is 0 Å². The van der Waals surface area contributed by atoms with Gasteiger partial charge in [0.15, 0.2) is 0 Å². The van der Waals surface area contributed by atoms with E-state index in [1.54, 1.807) is 0 Å². The minimum Gasteiger partial charge on any atom is -0.322 e. The maximum atomic E-state index is 6.31. The van der Waals surface area contributed by atoms with Crippen molar-refractivity contribution in [2.24, 2.45) is 5.73 Å². The van der Waals surface area contributed by atoms with Gasteiger partial charge in [-0.1, -0.05) is 32.0 Å². The van der Waals surface area contributed by atoms with Crippen LogP contribution in [0.5, 0.6) is 0 Å². The third kappa shape index (κ3) is 2.25. The van der Waals surface area contributed by atoms with Crippen LogP contribution in [0.15, 0.2) is 24.3 Å². The molecule has 0 saturated carbocycles. The first-order chi connectivity index (χ1) is 8.30. The Kier molecular flexibility index (Phi) is 3.16. The van der Waals surface area contributed by atoms with Gasteiger partial charge in [-0.05, 0) is 43.9 Å². The van der Waals surface area contributed by atoms with Crippen molar-refractivity contribution in [1.29, 1.82) is 0 Å². The van der Waals surface area contributed by atoms with E-state index < -0.39 is 0 Å². The molecule has 1 aromatic heterocycles. The molecule has 0 spiro atoms. The smallest absolute Gasteiger partial charge is 0.0738 e. The highest BCUT2D eigenvalue weighted by Gasteiger charge is 2.20. The zero-order chi connectivity index (χ0) is 13.5. The van der Waals surface area contributed by atoms with Crippen LogP contribution in [0.25, 0.3) is 10.9 Å². The Morgan fingerprint density at radius 2 is 1.89 bits per heavy atom. The van der Waals surface area contributed by atoms with E-state index in [2.05, 4.69) is 45.0 Å². The fraction of sp³-hybridized carbons (Fsp3) is 0.438. The third-order valence-electron chi connectivity index (χ3n) is 3.35. The van der Waals surface area contributed by atoms with Crippen molar-refractivity contribution >= 4 is 10.9 Å². The van der Waals surface area contributed by atoms with Gasteiger partial charge < -0.3 is 5.73 Å². The SMILES string of the molecule is Cc1cccc2c(C(C)(C)N)cc(C(C)C)nc12. The zero-order valence-corrected chi connectivity index (χ0v) is 11.9. The number of nitrogens with zero attached hydrogens (tertiary/aromatic N) is 1. The summed E-state index contributed by atoms with van der Waals surface area (Å²) >= 11 is 0. The van der Waals surface area contributed by atoms with Crippen molar-refractivity contribution in [1.82, 2.24) is 4.98 Å². The van der Waals surface area contributed by atoms with Crippen LogP contribution in [0.2, 0.25) is 0 Å². The normalized spacial score (nSPS) is 12.4. The second-order valence-corrected chi connectivity index (χ2v) is 5.94. The lowest BCUT2D eigenvalue weighted by molar-refractivity contribution is 0.557. The predicted octanol–water partition coefficient (Wildman–Crippen LogP) is 3.86. The second-order valence-electron chi connectivity index (χ2n) is 5.94. The molecule has 96 valence electrons. The van der Waals surface area contributed by atoms with Gasteiger partial charge in [-0.25, -0.2) is 0 Å². The van der Waals surface area contributed by atoms with Crippen molar-refractivity contribution in [2.75, 3.05) is 0 Å². The summed E-state index contributed by atoms with van der Waals surface area (Å²) in [6.07, 6.45) is 0. The quantitative estimate of drug-likeness (QED) is 0.868. The standard InChI is InChI=1S/C16H22N2/c1-10(2)14-9-13(16(4,5)17)12-8-6-7-11(3)15(12)18-14/h6-10H,17H2,1-5H3. The van der Waals surface area contributed by atoms with Gasteiger partial charge in [0.05, 0.1) is 5.52 Å². The molecule has 0 unspecified atom stereocenters. The summed E-state index contributed by atoms with van der Waals surface area (Å²) in [6.45, 7) is 10.5. The van der Waals surface area contributed by atoms with Crippen LogP contribution in [-0.2, 0) is 5.54 Å². The fourth-order valence-corrected chi connectivity index (χ4v) is 2.24. The molecular formula is C16H22N2. The van der Waals surface area contributed by atoms with E-state index in [1.807, 2.05) is 13.8 Å². The van der Waals surface area contributed by atoms with Crippen LogP contribution < -0.4 is 5.73 Å². The summed E-state index contributed by atoms with van der Waals surface area (Å²) in [7, 11) is 0. The monoisotopic (exact) mass is 242 g/mol. The molecule has 0 saturated heterocycles. The Labute approximate surface area is 109 Å². The van der Waals surface area contributed by atoms with Crippen LogP contribution in [0, 0.1) is 6.92 Å². The average molecular weight is 242 g/mol. The molecule has 1 aromatic carbocycles. The van der Waals surface area contributed by atoms with Crippen molar-refractivity contribution < 1.29 is 0 Å². The number of hydrogen-bond acceptors (Lipinski definition) is 2. The largest absolute Gasteiger partial charge is 0.322 e. The highest BCUT2D eigenvalue weighted by atomic mass is 14.7. The van der Waals surface area contributed by atoms with Gasteiger partial charge in [-0.15, -0.1) is 0 Å². The number of nitrogens with two attached hydrogens (primary N) is 1. The lowest BCUT2D eigenvalue weighted by atomic mass is 9.89. The van der Waals surface area contributed by atoms with Gasteiger partial charge >= 0.3 is 0 Å². The first kappa shape index (κ1) is 13.0. The Bertz CT molecular complexity index is 577. The molecule has 2 aromatic rings. The number of pyridine rings is 1. The first-order valence-corrected chi connectivity index (χ1v) is 6.50. The summed E-state index contributed by atoms with van der Waals surface area (Å²) in [5, 5.41) is 1.17. The van der Waals surface area contributed by atoms with Gasteiger partial charge in [-0.2, -0.15) is 0 Å². The number of rotatable bonds is 2. The molecule has 0 aliphatic rings. The Morgan fingerprint density at radius 1 is 1.22 bits per heavy atom. The van der Waals surface area contributed by atoms with Gasteiger partial charge in [0, 0.05) is 16.6 Å². The number of fused-ring (bicyclic) bond motifs is 1. The van der Waals surface area contributed by atoms with Gasteiger partial charge in [0.1, 0.15) is 0 Å². The average Bonchev–Trinajstić information content (AvgIpc) is 2.27. The van der Waals surface area contributed by atoms with E-state index in [0.717, 1.165) is 11.2 Å². The molecule has 2 nitrogen and oxygen atoms in total. The van der Waals surface area contributed by atoms with E-state index in [9.17, 15) is 0 Å². The molecular weight excluding hydrogens is 220 g/mol. The molecule has 0 radical (unpaired) electrons. The van der Waals surface area contributed by atoms with Crippen molar-refractivity contribution in [2.45, 2.75) is 46.1 Å². The van der Waals surface area contributed by atoms with E-state index >= 15 is 0 Å². The predicted molar refractivity (Wildman–Crippen MR) is 77.8 cm³/mol. The summed E-state index contributed by atoms with van der Waals surface area (Å²) in [5.74, 6) is 0.412. The molecule has 0 atom stereocenters. The lowest BCUT2D eigenvalue weighted by Gasteiger charge is -2.23. The number of aryl methyl sites for hydroxylation is 1. The Balaban J connectivity index is 2.86. The summed E-state index contributed by atoms with van der Waals surface area (Å²) in [5.41, 5.74) is 10.6. The zero-order valence-electron chi connectivity index (χ0n) is 11.9. The van der Waals surface area contributed by atoms with Gasteiger partial charge in [0.25, 0.3) is 0 Å². The van der Waals surface area contributed by atoms with Crippen LogP contribution in [0.3, 0.4) is 0 Å². The van der Waals surface area contributed by atoms with Gasteiger partial charge in [0.2, 0.25) is 0 Å². The number of benzene rings is 1. The molecule has 0 aliphatic heterocycles. The van der Waals surface area contributed by atoms with Crippen molar-refractivity contribution in [3.63, 3.8) is 0 Å². The molecule has 0 aliphatic carbocycles. The van der Waals surface area contributed by atoms with Crippen LogP contribution in [-0.4, -0.2) is 4.98 Å². The Morgan fingerprint density at radius 3 is 2.44 bits per heavy atom. The van der Waals surface area contributed by atoms with Crippen LogP contribution in [0.1, 0.15) is 50.4 Å². The number of aromatic nitrogens is 1. The molecule has 0 amide bonds. The topological polar surface area (TPSA) is 38.9 Å². The summed E-state index contributed by atoms with van der Waals surface area (Å²) in [4.78, 5) is 4.79. The minimum atomic E-state index is -0.349. The highest BCUT2D eigenvalue weighted by molar-refractivity contribution is 5.86. The maximum Gasteiger partial charge on any atom is 0.0738 e. The maximum absolute atomic E-state index is 6.31. The van der Waals surface area contributed by atoms with Gasteiger partial charge in [-0.3, -0.25) is 4.98 Å².